The number of carbonyl (C=O) groups is 2. The van der Waals surface area contributed by atoms with Crippen LogP contribution in [0.5, 0.6) is 0 Å². The van der Waals surface area contributed by atoms with Crippen LogP contribution in [0.25, 0.3) is 0 Å². The minimum atomic E-state index is -0.700. The van der Waals surface area contributed by atoms with Crippen molar-refractivity contribution in [1.82, 2.24) is 0 Å². The van der Waals surface area contributed by atoms with Gasteiger partial charge in [-0.05, 0) is 43.7 Å². The van der Waals surface area contributed by atoms with Gasteiger partial charge in [0, 0.05) is 23.0 Å². The average Bonchev–Trinajstić information content (AvgIpc) is 3.19. The van der Waals surface area contributed by atoms with Crippen LogP contribution in [-0.4, -0.2) is 11.9 Å². The van der Waals surface area contributed by atoms with Gasteiger partial charge in [-0.3, -0.25) is 0 Å². The van der Waals surface area contributed by atoms with E-state index in [1.165, 1.54) is 0 Å². The number of hydrogen-bond donors (Lipinski definition) is 0. The van der Waals surface area contributed by atoms with Crippen molar-refractivity contribution in [3.8, 4) is 0 Å². The van der Waals surface area contributed by atoms with E-state index in [2.05, 4.69) is 13.8 Å². The highest BCUT2D eigenvalue weighted by Crippen LogP contribution is 2.69. The fourth-order valence-electron chi connectivity index (χ4n) is 6.08. The Balaban J connectivity index is 1.65. The molecule has 5 rings (SSSR count). The first-order chi connectivity index (χ1) is 13.6. The number of unbranched alkanes of at least 4 members (excludes halogenated alkanes) is 1. The smallest absolute Gasteiger partial charge is 0.340 e. The van der Waals surface area contributed by atoms with Gasteiger partial charge in [-0.15, -0.1) is 0 Å². The van der Waals surface area contributed by atoms with Crippen LogP contribution in [0.4, 0.5) is 0 Å². The molecule has 4 atom stereocenters. The number of esters is 2. The molecule has 0 radical (unpaired) electrons. The molecule has 3 unspecified atom stereocenters. The summed E-state index contributed by atoms with van der Waals surface area (Å²) in [7, 11) is 0. The zero-order valence-corrected chi connectivity index (χ0v) is 16.5. The van der Waals surface area contributed by atoms with E-state index in [4.69, 9.17) is 9.47 Å². The number of benzene rings is 1. The van der Waals surface area contributed by atoms with Crippen LogP contribution in [0.2, 0.25) is 0 Å². The highest BCUT2D eigenvalue weighted by molar-refractivity contribution is 5.98. The lowest BCUT2D eigenvalue weighted by Crippen LogP contribution is -2.62. The van der Waals surface area contributed by atoms with Crippen LogP contribution in [0, 0.1) is 17.8 Å². The number of cyclic esters (lactones) is 1. The summed E-state index contributed by atoms with van der Waals surface area (Å²) >= 11 is 0. The lowest BCUT2D eigenvalue weighted by atomic mass is 9.45. The molecule has 4 heteroatoms. The first kappa shape index (κ1) is 17.7. The van der Waals surface area contributed by atoms with Gasteiger partial charge in [0.2, 0.25) is 0 Å². The van der Waals surface area contributed by atoms with Crippen LogP contribution >= 0.6 is 0 Å². The summed E-state index contributed by atoms with van der Waals surface area (Å²) in [6.07, 6.45) is 7.90. The minimum absolute atomic E-state index is 0.0829. The molecule has 2 heterocycles. The predicted molar refractivity (Wildman–Crippen MR) is 104 cm³/mol. The van der Waals surface area contributed by atoms with Gasteiger partial charge in [-0.1, -0.05) is 44.9 Å². The van der Waals surface area contributed by atoms with Gasteiger partial charge in [0.05, 0.1) is 11.1 Å². The summed E-state index contributed by atoms with van der Waals surface area (Å²) in [5.74, 6) is 0.807. The van der Waals surface area contributed by atoms with E-state index >= 15 is 0 Å². The van der Waals surface area contributed by atoms with Crippen molar-refractivity contribution in [3.05, 3.63) is 58.4 Å². The molecule has 0 saturated heterocycles. The van der Waals surface area contributed by atoms with Gasteiger partial charge in [0.15, 0.2) is 0 Å². The Kier molecular flexibility index (Phi) is 4.01. The Morgan fingerprint density at radius 1 is 1.14 bits per heavy atom. The summed E-state index contributed by atoms with van der Waals surface area (Å²) < 4.78 is 11.8. The maximum atomic E-state index is 12.9. The number of allylic oxidation sites excluding steroid dienone is 2. The fourth-order valence-corrected chi connectivity index (χ4v) is 6.08. The molecule has 4 nitrogen and oxygen atoms in total. The summed E-state index contributed by atoms with van der Waals surface area (Å²) in [5, 5.41) is 0. The highest BCUT2D eigenvalue weighted by atomic mass is 16.6. The molecule has 1 aromatic carbocycles. The number of fused-ring (bicyclic) bond motifs is 5. The second-order valence-electron chi connectivity index (χ2n) is 8.44. The number of ether oxygens (including phenoxy) is 2. The molecule has 0 aromatic heterocycles. The molecule has 0 bridgehead atoms. The van der Waals surface area contributed by atoms with Crippen LogP contribution in [0.3, 0.4) is 0 Å². The van der Waals surface area contributed by atoms with Crippen molar-refractivity contribution in [3.63, 3.8) is 0 Å². The largest absolute Gasteiger partial charge is 0.450 e. The Hall–Kier alpha value is -2.36. The van der Waals surface area contributed by atoms with Gasteiger partial charge < -0.3 is 9.47 Å². The molecular weight excluding hydrogens is 352 g/mol. The van der Waals surface area contributed by atoms with E-state index in [-0.39, 0.29) is 23.8 Å². The van der Waals surface area contributed by atoms with Crippen molar-refractivity contribution in [2.75, 3.05) is 0 Å². The summed E-state index contributed by atoms with van der Waals surface area (Å²) in [5.41, 5.74) is 2.74. The van der Waals surface area contributed by atoms with Gasteiger partial charge in [0.25, 0.3) is 0 Å². The van der Waals surface area contributed by atoms with Gasteiger partial charge in [-0.25, -0.2) is 9.59 Å². The van der Waals surface area contributed by atoms with Gasteiger partial charge >= 0.3 is 11.9 Å². The Bertz CT molecular complexity index is 924. The monoisotopic (exact) mass is 378 g/mol. The van der Waals surface area contributed by atoms with E-state index in [0.717, 1.165) is 61.0 Å². The van der Waals surface area contributed by atoms with Crippen LogP contribution < -0.4 is 0 Å². The first-order valence-corrected chi connectivity index (χ1v) is 10.6. The van der Waals surface area contributed by atoms with E-state index in [9.17, 15) is 9.59 Å². The van der Waals surface area contributed by atoms with E-state index in [1.807, 2.05) is 30.3 Å². The summed E-state index contributed by atoms with van der Waals surface area (Å²) in [6.45, 7) is 4.29. The average molecular weight is 378 g/mol. The van der Waals surface area contributed by atoms with Gasteiger partial charge in [-0.2, -0.15) is 0 Å². The third kappa shape index (κ3) is 2.12. The zero-order chi connectivity index (χ0) is 19.5. The van der Waals surface area contributed by atoms with Crippen molar-refractivity contribution >= 4 is 11.9 Å². The van der Waals surface area contributed by atoms with Crippen molar-refractivity contribution in [2.45, 2.75) is 58.0 Å². The first-order valence-electron chi connectivity index (χ1n) is 10.6. The Labute approximate surface area is 165 Å². The molecule has 0 amide bonds. The molecule has 146 valence electrons. The number of rotatable bonds is 4. The van der Waals surface area contributed by atoms with Gasteiger partial charge in [0.1, 0.15) is 11.4 Å². The van der Waals surface area contributed by atoms with Crippen LogP contribution in [0.1, 0.15) is 68.3 Å². The number of carbonyl (C=O) groups excluding carboxylic acids is 2. The summed E-state index contributed by atoms with van der Waals surface area (Å²) in [6, 6.07) is 7.71. The second-order valence-corrected chi connectivity index (χ2v) is 8.44. The maximum absolute atomic E-state index is 12.9. The Morgan fingerprint density at radius 3 is 2.75 bits per heavy atom. The zero-order valence-electron chi connectivity index (χ0n) is 16.5. The van der Waals surface area contributed by atoms with E-state index < -0.39 is 5.60 Å². The molecule has 0 N–H and O–H groups in total. The van der Waals surface area contributed by atoms with Crippen LogP contribution in [0.15, 0.2) is 47.2 Å². The lowest BCUT2D eigenvalue weighted by Gasteiger charge is -2.60. The van der Waals surface area contributed by atoms with E-state index in [1.54, 1.807) is 0 Å². The summed E-state index contributed by atoms with van der Waals surface area (Å²) in [4.78, 5) is 25.6. The van der Waals surface area contributed by atoms with Crippen molar-refractivity contribution < 1.29 is 19.1 Å². The second kappa shape index (κ2) is 6.33. The highest BCUT2D eigenvalue weighted by Gasteiger charge is 2.71. The maximum Gasteiger partial charge on any atom is 0.340 e. The third-order valence-electron chi connectivity index (χ3n) is 7.09. The Morgan fingerprint density at radius 2 is 1.96 bits per heavy atom. The third-order valence-corrected chi connectivity index (χ3v) is 7.09. The molecule has 1 saturated carbocycles. The number of hydrogen-bond acceptors (Lipinski definition) is 4. The fraction of sp³-hybridized carbons (Fsp3) is 0.500. The molecule has 1 aromatic rings. The molecule has 28 heavy (non-hydrogen) atoms. The molecular formula is C24H26O4. The quantitative estimate of drug-likeness (QED) is 0.688. The SMILES string of the molecule is CCCC=C1OC(=O)C2=C1CCC1C2C2(OC(=O)c3ccccc32)[C@@H]1CCC. The molecule has 1 spiro atoms. The van der Waals surface area contributed by atoms with Crippen molar-refractivity contribution in [2.24, 2.45) is 17.8 Å². The van der Waals surface area contributed by atoms with E-state index in [0.29, 0.717) is 11.5 Å². The molecule has 1 fully saturated rings. The van der Waals surface area contributed by atoms with Crippen molar-refractivity contribution in [1.29, 1.82) is 0 Å². The standard InChI is InChI=1S/C24H26O4/c1-3-5-11-19-16-13-12-14-17(8-4-2)24(21(14)20(16)23(26)27-19)18-10-7-6-9-15(18)22(25)28-24/h6-7,9-11,14,17,21H,3-5,8,12-13H2,1-2H3/t14?,17-,21?,24?/m1/s1. The van der Waals surface area contributed by atoms with Crippen LogP contribution in [-0.2, 0) is 19.9 Å². The lowest BCUT2D eigenvalue weighted by molar-refractivity contribution is -0.195. The minimum Gasteiger partial charge on any atom is -0.450 e. The predicted octanol–water partition coefficient (Wildman–Crippen LogP) is 5.05. The molecule has 4 aliphatic rings. The molecule has 2 aliphatic carbocycles. The normalized spacial score (nSPS) is 34.1. The topological polar surface area (TPSA) is 52.6 Å². The molecule has 2 aliphatic heterocycles.